The molecule has 1 aromatic rings. The van der Waals surface area contributed by atoms with Crippen LogP contribution in [-0.2, 0) is 21.2 Å². The van der Waals surface area contributed by atoms with Crippen molar-refractivity contribution in [3.8, 4) is 0 Å². The van der Waals surface area contributed by atoms with Crippen LogP contribution in [0.5, 0.6) is 0 Å². The molecule has 132 valence electrons. The number of amides is 1. The first-order valence-corrected chi connectivity index (χ1v) is 10.2. The molecule has 1 aliphatic heterocycles. The van der Waals surface area contributed by atoms with Crippen LogP contribution in [0.25, 0.3) is 0 Å². The molecule has 1 amide bonds. The minimum atomic E-state index is -3.03. The van der Waals surface area contributed by atoms with Crippen LogP contribution in [0.2, 0.25) is 5.02 Å². The molecule has 2 aliphatic rings. The van der Waals surface area contributed by atoms with E-state index in [0.717, 1.165) is 12.8 Å². The summed E-state index contributed by atoms with van der Waals surface area (Å²) >= 11 is 6.07. The summed E-state index contributed by atoms with van der Waals surface area (Å²) in [5.41, 5.74) is 0.391. The second-order valence-corrected chi connectivity index (χ2v) is 9.14. The number of nitrogens with zero attached hydrogens (tertiary/aromatic N) is 1. The molecule has 1 N–H and O–H groups in total. The van der Waals surface area contributed by atoms with Crippen molar-refractivity contribution in [1.29, 1.82) is 0 Å². The van der Waals surface area contributed by atoms with Crippen molar-refractivity contribution in [1.82, 2.24) is 10.2 Å². The molecule has 1 atom stereocenters. The molecule has 0 unspecified atom stereocenters. The predicted octanol–water partition coefficient (Wildman–Crippen LogP) is 1.75. The van der Waals surface area contributed by atoms with E-state index in [9.17, 15) is 17.6 Å². The Hall–Kier alpha value is -1.18. The Morgan fingerprint density at radius 2 is 2.08 bits per heavy atom. The van der Waals surface area contributed by atoms with Gasteiger partial charge in [-0.05, 0) is 31.4 Å². The molecule has 1 saturated carbocycles. The Labute approximate surface area is 146 Å². The molecular formula is C16H20ClFN2O3S. The van der Waals surface area contributed by atoms with Gasteiger partial charge in [-0.2, -0.15) is 0 Å². The molecule has 24 heavy (non-hydrogen) atoms. The van der Waals surface area contributed by atoms with Crippen LogP contribution in [0.15, 0.2) is 18.2 Å². The van der Waals surface area contributed by atoms with Gasteiger partial charge in [-0.3, -0.25) is 9.69 Å². The van der Waals surface area contributed by atoms with Gasteiger partial charge in [0.15, 0.2) is 9.84 Å². The summed E-state index contributed by atoms with van der Waals surface area (Å²) in [5.74, 6) is -0.483. The lowest BCUT2D eigenvalue weighted by molar-refractivity contribution is -0.123. The Bertz CT molecular complexity index is 717. The Morgan fingerprint density at radius 1 is 1.33 bits per heavy atom. The lowest BCUT2D eigenvalue weighted by Gasteiger charge is -2.23. The maximum atomic E-state index is 14.0. The third-order valence-corrected chi connectivity index (χ3v) is 6.55. The van der Waals surface area contributed by atoms with Gasteiger partial charge >= 0.3 is 0 Å². The van der Waals surface area contributed by atoms with Crippen LogP contribution in [0.4, 0.5) is 4.39 Å². The van der Waals surface area contributed by atoms with Gasteiger partial charge in [0.1, 0.15) is 5.82 Å². The molecule has 1 aliphatic carbocycles. The van der Waals surface area contributed by atoms with E-state index in [1.807, 2.05) is 4.90 Å². The van der Waals surface area contributed by atoms with Gasteiger partial charge in [0.2, 0.25) is 5.91 Å². The number of benzene rings is 1. The van der Waals surface area contributed by atoms with Gasteiger partial charge in [0.05, 0.1) is 18.1 Å². The highest BCUT2D eigenvalue weighted by molar-refractivity contribution is 7.91. The third-order valence-electron chi connectivity index (χ3n) is 4.43. The van der Waals surface area contributed by atoms with Crippen LogP contribution in [0.3, 0.4) is 0 Å². The van der Waals surface area contributed by atoms with Crippen molar-refractivity contribution in [3.05, 3.63) is 34.6 Å². The maximum absolute atomic E-state index is 14.0. The molecule has 3 rings (SSSR count). The summed E-state index contributed by atoms with van der Waals surface area (Å²) in [6, 6.07) is 4.47. The molecule has 0 radical (unpaired) electrons. The highest BCUT2D eigenvalue weighted by Gasteiger charge is 2.33. The first-order chi connectivity index (χ1) is 11.3. The first-order valence-electron chi connectivity index (χ1n) is 8.01. The van der Waals surface area contributed by atoms with Gasteiger partial charge in [0, 0.05) is 29.2 Å². The number of hydrogen-bond donors (Lipinski definition) is 1. The van der Waals surface area contributed by atoms with Gasteiger partial charge in [-0.25, -0.2) is 12.8 Å². The van der Waals surface area contributed by atoms with E-state index in [2.05, 4.69) is 5.32 Å². The molecule has 1 heterocycles. The van der Waals surface area contributed by atoms with Crippen molar-refractivity contribution in [2.45, 2.75) is 37.9 Å². The van der Waals surface area contributed by atoms with Crippen LogP contribution in [-0.4, -0.2) is 49.4 Å². The Balaban J connectivity index is 1.61. The van der Waals surface area contributed by atoms with E-state index in [0.29, 0.717) is 17.0 Å². The fourth-order valence-electron chi connectivity index (χ4n) is 3.01. The van der Waals surface area contributed by atoms with Gasteiger partial charge < -0.3 is 5.32 Å². The first kappa shape index (κ1) is 17.6. The van der Waals surface area contributed by atoms with Crippen LogP contribution in [0.1, 0.15) is 24.8 Å². The standard InChI is InChI=1S/C16H20ClFN2O3S/c17-14-2-1-3-15(18)13(14)8-20(12-4-5-12)9-16(21)19-11-6-7-24(22,23)10-11/h1-3,11-12H,4-10H2,(H,19,21)/t11-/m1/s1. The predicted molar refractivity (Wildman–Crippen MR) is 90.0 cm³/mol. The quantitative estimate of drug-likeness (QED) is 0.823. The summed E-state index contributed by atoms with van der Waals surface area (Å²) in [5, 5.41) is 3.13. The highest BCUT2D eigenvalue weighted by Crippen LogP contribution is 2.30. The summed E-state index contributed by atoms with van der Waals surface area (Å²) < 4.78 is 36.9. The molecule has 0 aromatic heterocycles. The van der Waals surface area contributed by atoms with E-state index in [1.54, 1.807) is 12.1 Å². The van der Waals surface area contributed by atoms with E-state index in [1.165, 1.54) is 6.07 Å². The van der Waals surface area contributed by atoms with Gasteiger partial charge in [-0.1, -0.05) is 17.7 Å². The number of halogens is 2. The monoisotopic (exact) mass is 374 g/mol. The number of rotatable bonds is 6. The largest absolute Gasteiger partial charge is 0.351 e. The van der Waals surface area contributed by atoms with Gasteiger partial charge in [0.25, 0.3) is 0 Å². The average molecular weight is 375 g/mol. The normalized spacial score (nSPS) is 22.7. The average Bonchev–Trinajstić information content (AvgIpc) is 3.27. The number of carbonyl (C=O) groups is 1. The highest BCUT2D eigenvalue weighted by atomic mass is 35.5. The molecule has 5 nitrogen and oxygen atoms in total. The molecule has 1 saturated heterocycles. The van der Waals surface area contributed by atoms with E-state index < -0.39 is 9.84 Å². The summed E-state index contributed by atoms with van der Waals surface area (Å²) in [6.45, 7) is 0.387. The minimum Gasteiger partial charge on any atom is -0.351 e. The number of carbonyl (C=O) groups excluding carboxylic acids is 1. The molecular weight excluding hydrogens is 355 g/mol. The zero-order valence-corrected chi connectivity index (χ0v) is 14.7. The summed E-state index contributed by atoms with van der Waals surface area (Å²) in [6.07, 6.45) is 2.39. The van der Waals surface area contributed by atoms with Crippen molar-refractivity contribution in [2.24, 2.45) is 0 Å². The topological polar surface area (TPSA) is 66.5 Å². The van der Waals surface area contributed by atoms with E-state index in [-0.39, 0.29) is 48.4 Å². The molecule has 1 aromatic carbocycles. The Kier molecular flexibility index (Phi) is 5.13. The molecule has 0 bridgehead atoms. The summed E-state index contributed by atoms with van der Waals surface area (Å²) in [4.78, 5) is 14.1. The lowest BCUT2D eigenvalue weighted by atomic mass is 10.2. The second-order valence-electron chi connectivity index (χ2n) is 6.50. The minimum absolute atomic E-state index is 0.00130. The Morgan fingerprint density at radius 3 is 2.67 bits per heavy atom. The lowest BCUT2D eigenvalue weighted by Crippen LogP contribution is -2.43. The third kappa shape index (κ3) is 4.46. The number of sulfone groups is 1. The number of hydrogen-bond acceptors (Lipinski definition) is 4. The van der Waals surface area contributed by atoms with Crippen LogP contribution >= 0.6 is 11.6 Å². The summed E-state index contributed by atoms with van der Waals surface area (Å²) in [7, 11) is -3.03. The SMILES string of the molecule is O=C(CN(Cc1c(F)cccc1Cl)C1CC1)N[C@@H]1CCS(=O)(=O)C1. The zero-order chi connectivity index (χ0) is 17.3. The molecule has 8 heteroatoms. The van der Waals surface area contributed by atoms with Crippen molar-refractivity contribution in [2.75, 3.05) is 18.1 Å². The fourth-order valence-corrected chi connectivity index (χ4v) is 4.90. The van der Waals surface area contributed by atoms with Crippen molar-refractivity contribution >= 4 is 27.3 Å². The van der Waals surface area contributed by atoms with E-state index in [4.69, 9.17) is 11.6 Å². The fraction of sp³-hybridized carbons (Fsp3) is 0.562. The molecule has 0 spiro atoms. The van der Waals surface area contributed by atoms with Crippen molar-refractivity contribution in [3.63, 3.8) is 0 Å². The van der Waals surface area contributed by atoms with Crippen LogP contribution in [0, 0.1) is 5.82 Å². The smallest absolute Gasteiger partial charge is 0.234 e. The van der Waals surface area contributed by atoms with E-state index >= 15 is 0 Å². The second kappa shape index (κ2) is 6.98. The van der Waals surface area contributed by atoms with Gasteiger partial charge in [-0.15, -0.1) is 0 Å². The zero-order valence-electron chi connectivity index (χ0n) is 13.2. The van der Waals surface area contributed by atoms with Crippen molar-refractivity contribution < 1.29 is 17.6 Å². The number of nitrogens with one attached hydrogen (secondary N) is 1. The van der Waals surface area contributed by atoms with Crippen LogP contribution < -0.4 is 5.32 Å². The maximum Gasteiger partial charge on any atom is 0.234 e. The molecule has 2 fully saturated rings.